The summed E-state index contributed by atoms with van der Waals surface area (Å²) >= 11 is 3.26. The molecule has 0 bridgehead atoms. The van der Waals surface area contributed by atoms with Gasteiger partial charge in [0.1, 0.15) is 16.2 Å². The monoisotopic (exact) mass is 338 g/mol. The molecule has 0 saturated carbocycles. The van der Waals surface area contributed by atoms with Gasteiger partial charge in [-0.2, -0.15) is 0 Å². The normalized spacial score (nSPS) is 10.8. The van der Waals surface area contributed by atoms with E-state index >= 15 is 0 Å². The first-order chi connectivity index (χ1) is 9.45. The Kier molecular flexibility index (Phi) is 4.44. The van der Waals surface area contributed by atoms with E-state index < -0.39 is 5.97 Å². The van der Waals surface area contributed by atoms with Crippen molar-refractivity contribution in [1.29, 1.82) is 0 Å². The molecule has 2 aromatic rings. The molecule has 5 nitrogen and oxygen atoms in total. The van der Waals surface area contributed by atoms with Crippen LogP contribution in [0.15, 0.2) is 28.9 Å². The number of imidazole rings is 1. The number of halogens is 1. The average molecular weight is 339 g/mol. The number of carbonyl (C=O) groups is 1. The third kappa shape index (κ3) is 3.60. The summed E-state index contributed by atoms with van der Waals surface area (Å²) in [5.74, 6) is 0.519. The van der Waals surface area contributed by atoms with Crippen molar-refractivity contribution >= 4 is 21.9 Å². The number of hydrogen-bond acceptors (Lipinski definition) is 3. The Morgan fingerprint density at radius 3 is 2.60 bits per heavy atom. The van der Waals surface area contributed by atoms with Crippen LogP contribution in [0.2, 0.25) is 0 Å². The maximum absolute atomic E-state index is 10.7. The lowest BCUT2D eigenvalue weighted by atomic mass is 10.2. The van der Waals surface area contributed by atoms with Gasteiger partial charge in [-0.1, -0.05) is 0 Å². The number of carboxylic acid groups (broad SMARTS) is 1. The summed E-state index contributed by atoms with van der Waals surface area (Å²) in [7, 11) is 0. The summed E-state index contributed by atoms with van der Waals surface area (Å²) in [6.45, 7) is 3.94. The van der Waals surface area contributed by atoms with E-state index in [0.717, 1.165) is 11.3 Å². The molecule has 0 aliphatic heterocycles. The number of aliphatic carboxylic acids is 1. The number of nitrogens with one attached hydrogen (secondary N) is 1. The van der Waals surface area contributed by atoms with Crippen LogP contribution in [0.5, 0.6) is 5.75 Å². The van der Waals surface area contributed by atoms with Crippen LogP contribution in [0.1, 0.15) is 19.5 Å². The van der Waals surface area contributed by atoms with Gasteiger partial charge in [-0.15, -0.1) is 0 Å². The lowest BCUT2D eigenvalue weighted by Crippen LogP contribution is -2.05. The lowest BCUT2D eigenvalue weighted by Gasteiger charge is -2.09. The predicted octanol–water partition coefficient (Wildman–Crippen LogP) is 3.25. The van der Waals surface area contributed by atoms with Crippen molar-refractivity contribution in [3.63, 3.8) is 0 Å². The smallest absolute Gasteiger partial charge is 0.309 e. The van der Waals surface area contributed by atoms with Crippen LogP contribution in [0, 0.1) is 0 Å². The van der Waals surface area contributed by atoms with Crippen LogP contribution in [0.25, 0.3) is 11.4 Å². The van der Waals surface area contributed by atoms with E-state index in [4.69, 9.17) is 9.84 Å². The minimum absolute atomic E-state index is 0.0951. The molecule has 1 aromatic carbocycles. The van der Waals surface area contributed by atoms with Gasteiger partial charge < -0.3 is 14.8 Å². The topological polar surface area (TPSA) is 75.2 Å². The second-order valence-corrected chi connectivity index (χ2v) is 5.37. The van der Waals surface area contributed by atoms with E-state index in [2.05, 4.69) is 25.9 Å². The summed E-state index contributed by atoms with van der Waals surface area (Å²) in [6.07, 6.45) is 0.0306. The van der Waals surface area contributed by atoms with Crippen LogP contribution < -0.4 is 4.74 Å². The van der Waals surface area contributed by atoms with E-state index in [1.54, 1.807) is 0 Å². The Hall–Kier alpha value is -1.82. The van der Waals surface area contributed by atoms with Crippen LogP contribution >= 0.6 is 15.9 Å². The highest BCUT2D eigenvalue weighted by atomic mass is 79.9. The van der Waals surface area contributed by atoms with E-state index in [0.29, 0.717) is 16.1 Å². The molecular formula is C14H15BrN2O3. The Balaban J connectivity index is 2.21. The van der Waals surface area contributed by atoms with Crippen LogP contribution in [0.3, 0.4) is 0 Å². The van der Waals surface area contributed by atoms with Gasteiger partial charge in [0.15, 0.2) is 0 Å². The molecule has 0 saturated heterocycles. The molecule has 0 amide bonds. The molecule has 0 radical (unpaired) electrons. The third-order valence-electron chi connectivity index (χ3n) is 2.56. The van der Waals surface area contributed by atoms with Crippen molar-refractivity contribution < 1.29 is 14.6 Å². The number of H-pyrrole nitrogens is 1. The van der Waals surface area contributed by atoms with Crippen molar-refractivity contribution in [3.05, 3.63) is 34.6 Å². The Labute approximate surface area is 125 Å². The first-order valence-electron chi connectivity index (χ1n) is 6.19. The molecule has 20 heavy (non-hydrogen) atoms. The molecule has 0 aliphatic carbocycles. The fourth-order valence-corrected chi connectivity index (χ4v) is 2.17. The molecule has 1 aromatic heterocycles. The van der Waals surface area contributed by atoms with Crippen molar-refractivity contribution in [2.75, 3.05) is 0 Å². The average Bonchev–Trinajstić information content (AvgIpc) is 2.70. The molecule has 6 heteroatoms. The maximum atomic E-state index is 10.7. The number of nitrogens with zero attached hydrogens (tertiary/aromatic N) is 1. The zero-order valence-electron chi connectivity index (χ0n) is 11.2. The van der Waals surface area contributed by atoms with Crippen molar-refractivity contribution in [3.8, 4) is 17.1 Å². The van der Waals surface area contributed by atoms with Gasteiger partial charge >= 0.3 is 5.97 Å². The molecular weight excluding hydrogens is 324 g/mol. The van der Waals surface area contributed by atoms with E-state index in [9.17, 15) is 4.79 Å². The van der Waals surface area contributed by atoms with Gasteiger partial charge in [0.2, 0.25) is 0 Å². The molecule has 1 heterocycles. The van der Waals surface area contributed by atoms with Crippen LogP contribution in [-0.4, -0.2) is 27.1 Å². The Morgan fingerprint density at radius 2 is 2.05 bits per heavy atom. The standard InChI is InChI=1S/C14H15BrN2O3/c1-8(2)20-10-5-3-9(4-6-10)14-16-11(7-12(18)19)13(15)17-14/h3-6,8H,7H2,1-2H3,(H,16,17)(H,18,19). The largest absolute Gasteiger partial charge is 0.491 e. The molecule has 2 N–H and O–H groups in total. The third-order valence-corrected chi connectivity index (χ3v) is 3.21. The fourth-order valence-electron chi connectivity index (χ4n) is 1.76. The van der Waals surface area contributed by atoms with Gasteiger partial charge in [-0.05, 0) is 54.0 Å². The van der Waals surface area contributed by atoms with Crippen LogP contribution in [0.4, 0.5) is 0 Å². The number of aromatic amines is 1. The molecule has 0 fully saturated rings. The summed E-state index contributed by atoms with van der Waals surface area (Å²) in [4.78, 5) is 18.0. The first-order valence-corrected chi connectivity index (χ1v) is 6.98. The van der Waals surface area contributed by atoms with E-state index in [-0.39, 0.29) is 12.5 Å². The number of benzene rings is 1. The fraction of sp³-hybridized carbons (Fsp3) is 0.286. The predicted molar refractivity (Wildman–Crippen MR) is 78.8 cm³/mol. The van der Waals surface area contributed by atoms with Gasteiger partial charge in [-0.25, -0.2) is 4.98 Å². The van der Waals surface area contributed by atoms with Gasteiger partial charge in [0.05, 0.1) is 18.2 Å². The molecule has 0 unspecified atom stereocenters. The number of rotatable bonds is 5. The Morgan fingerprint density at radius 1 is 1.40 bits per heavy atom. The second-order valence-electron chi connectivity index (χ2n) is 4.62. The number of carboxylic acids is 1. The van der Waals surface area contributed by atoms with Crippen molar-refractivity contribution in [1.82, 2.24) is 9.97 Å². The molecule has 2 rings (SSSR count). The Bertz CT molecular complexity index is 605. The summed E-state index contributed by atoms with van der Waals surface area (Å²) in [5, 5.41) is 8.81. The number of hydrogen-bond donors (Lipinski definition) is 2. The minimum atomic E-state index is -0.901. The maximum Gasteiger partial charge on any atom is 0.309 e. The van der Waals surface area contributed by atoms with Gasteiger partial charge in [-0.3, -0.25) is 4.79 Å². The summed E-state index contributed by atoms with van der Waals surface area (Å²) < 4.78 is 6.09. The van der Waals surface area contributed by atoms with Crippen molar-refractivity contribution in [2.24, 2.45) is 0 Å². The highest BCUT2D eigenvalue weighted by Crippen LogP contribution is 2.24. The lowest BCUT2D eigenvalue weighted by molar-refractivity contribution is -0.136. The zero-order chi connectivity index (χ0) is 14.7. The molecule has 0 aliphatic rings. The zero-order valence-corrected chi connectivity index (χ0v) is 12.8. The van der Waals surface area contributed by atoms with E-state index in [1.165, 1.54) is 0 Å². The SMILES string of the molecule is CC(C)Oc1ccc(-c2nc(Br)c(CC(=O)O)[nH]2)cc1. The summed E-state index contributed by atoms with van der Waals surface area (Å²) in [5.41, 5.74) is 1.42. The summed E-state index contributed by atoms with van der Waals surface area (Å²) in [6, 6.07) is 7.49. The number of ether oxygens (including phenoxy) is 1. The van der Waals surface area contributed by atoms with Gasteiger partial charge in [0, 0.05) is 5.56 Å². The molecule has 0 spiro atoms. The van der Waals surface area contributed by atoms with Crippen molar-refractivity contribution in [2.45, 2.75) is 26.4 Å². The van der Waals surface area contributed by atoms with E-state index in [1.807, 2.05) is 38.1 Å². The highest BCUT2D eigenvalue weighted by molar-refractivity contribution is 9.10. The van der Waals surface area contributed by atoms with Gasteiger partial charge in [0.25, 0.3) is 0 Å². The minimum Gasteiger partial charge on any atom is -0.491 e. The highest BCUT2D eigenvalue weighted by Gasteiger charge is 2.12. The second kappa shape index (κ2) is 6.09. The number of aromatic nitrogens is 2. The molecule has 106 valence electrons. The molecule has 0 atom stereocenters. The van der Waals surface area contributed by atoms with Crippen LogP contribution in [-0.2, 0) is 11.2 Å². The first kappa shape index (κ1) is 14.6. The quantitative estimate of drug-likeness (QED) is 0.877.